The van der Waals surface area contributed by atoms with E-state index < -0.39 is 11.2 Å². The first kappa shape index (κ1) is 20.8. The lowest BCUT2D eigenvalue weighted by Crippen LogP contribution is -2.37. The molecule has 3 aromatic heterocycles. The Hall–Kier alpha value is -4.07. The summed E-state index contributed by atoms with van der Waals surface area (Å²) >= 11 is 0. The van der Waals surface area contributed by atoms with Crippen molar-refractivity contribution < 1.29 is 0 Å². The minimum absolute atomic E-state index is 0.335. The molecule has 0 aliphatic rings. The number of rotatable bonds is 3. The van der Waals surface area contributed by atoms with Gasteiger partial charge in [0, 0.05) is 25.9 Å². The minimum atomic E-state index is -0.416. The van der Waals surface area contributed by atoms with Gasteiger partial charge in [0.25, 0.3) is 5.56 Å². The molecule has 2 N–H and O–H groups in total. The van der Waals surface area contributed by atoms with Crippen molar-refractivity contribution in [3.63, 3.8) is 0 Å². The zero-order chi connectivity index (χ0) is 23.6. The van der Waals surface area contributed by atoms with Gasteiger partial charge >= 0.3 is 5.69 Å². The van der Waals surface area contributed by atoms with Crippen LogP contribution in [0.15, 0.2) is 52.2 Å². The third-order valence-electron chi connectivity index (χ3n) is 6.51. The monoisotopic (exact) mass is 442 g/mol. The maximum Gasteiger partial charge on any atom is 0.332 e. The van der Waals surface area contributed by atoms with Crippen LogP contribution in [-0.2, 0) is 20.5 Å². The van der Waals surface area contributed by atoms with Gasteiger partial charge in [-0.05, 0) is 49.1 Å². The van der Waals surface area contributed by atoms with Gasteiger partial charge in [-0.15, -0.1) is 0 Å². The van der Waals surface area contributed by atoms with Crippen LogP contribution in [0.3, 0.4) is 0 Å². The molecule has 168 valence electrons. The summed E-state index contributed by atoms with van der Waals surface area (Å²) in [6.45, 7) is 6.18. The molecule has 0 spiro atoms. The molecule has 0 saturated heterocycles. The molecule has 0 saturated carbocycles. The Morgan fingerprint density at radius 2 is 1.64 bits per heavy atom. The summed E-state index contributed by atoms with van der Waals surface area (Å²) in [4.78, 5) is 30.3. The van der Waals surface area contributed by atoms with Crippen LogP contribution in [-0.4, -0.2) is 23.1 Å². The Labute approximate surface area is 190 Å². The van der Waals surface area contributed by atoms with Crippen LogP contribution in [0, 0.1) is 13.8 Å². The van der Waals surface area contributed by atoms with Crippen LogP contribution in [0.25, 0.3) is 33.9 Å². The summed E-state index contributed by atoms with van der Waals surface area (Å²) in [6.07, 6.45) is 2.84. The van der Waals surface area contributed by atoms with Crippen molar-refractivity contribution in [1.82, 2.24) is 23.1 Å². The number of anilines is 1. The quantitative estimate of drug-likeness (QED) is 0.435. The largest absolute Gasteiger partial charge is 0.397 e. The SMILES string of the molecule is CCc1ccc(-c2cn3c4c(=O)n(C)c(=O)n(C)c4nc3n2-c2cc(C)c(C)cc2N)cc1. The topological polar surface area (TPSA) is 92.2 Å². The van der Waals surface area contributed by atoms with Gasteiger partial charge in [-0.3, -0.25) is 22.9 Å². The summed E-state index contributed by atoms with van der Waals surface area (Å²) < 4.78 is 6.23. The molecule has 0 amide bonds. The highest BCUT2D eigenvalue weighted by Crippen LogP contribution is 2.32. The van der Waals surface area contributed by atoms with Crippen molar-refractivity contribution >= 4 is 22.6 Å². The molecule has 0 aliphatic carbocycles. The first-order chi connectivity index (χ1) is 15.7. The third kappa shape index (κ3) is 2.94. The normalized spacial score (nSPS) is 11.7. The highest BCUT2D eigenvalue weighted by molar-refractivity contribution is 5.81. The second kappa shape index (κ2) is 7.23. The van der Waals surface area contributed by atoms with Gasteiger partial charge in [-0.2, -0.15) is 4.98 Å². The fraction of sp³-hybridized carbons (Fsp3) is 0.240. The van der Waals surface area contributed by atoms with Gasteiger partial charge in [-0.1, -0.05) is 31.2 Å². The maximum absolute atomic E-state index is 13.1. The molecule has 33 heavy (non-hydrogen) atoms. The molecule has 5 aromatic rings. The second-order valence-corrected chi connectivity index (χ2v) is 8.56. The second-order valence-electron chi connectivity index (χ2n) is 8.56. The smallest absolute Gasteiger partial charge is 0.332 e. The molecule has 0 aliphatic heterocycles. The van der Waals surface area contributed by atoms with Gasteiger partial charge in [0.1, 0.15) is 0 Å². The lowest BCUT2D eigenvalue weighted by molar-refractivity contribution is 0.708. The van der Waals surface area contributed by atoms with Crippen LogP contribution in [0.4, 0.5) is 5.69 Å². The van der Waals surface area contributed by atoms with Crippen LogP contribution in [0.2, 0.25) is 0 Å². The lowest BCUT2D eigenvalue weighted by Gasteiger charge is -2.14. The zero-order valence-electron chi connectivity index (χ0n) is 19.4. The molecule has 2 aromatic carbocycles. The van der Waals surface area contributed by atoms with Crippen molar-refractivity contribution in [2.75, 3.05) is 5.73 Å². The van der Waals surface area contributed by atoms with Gasteiger partial charge in [0.2, 0.25) is 5.78 Å². The van der Waals surface area contributed by atoms with Gasteiger partial charge in [0.05, 0.1) is 17.1 Å². The summed E-state index contributed by atoms with van der Waals surface area (Å²) in [5.74, 6) is 0.521. The summed E-state index contributed by atoms with van der Waals surface area (Å²) in [7, 11) is 3.10. The Morgan fingerprint density at radius 1 is 0.970 bits per heavy atom. The Balaban J connectivity index is 1.96. The van der Waals surface area contributed by atoms with E-state index in [4.69, 9.17) is 10.7 Å². The van der Waals surface area contributed by atoms with Gasteiger partial charge in [0.15, 0.2) is 11.2 Å². The van der Waals surface area contributed by atoms with Crippen LogP contribution in [0.5, 0.6) is 0 Å². The summed E-state index contributed by atoms with van der Waals surface area (Å²) in [5, 5.41) is 0. The Kier molecular flexibility index (Phi) is 4.56. The number of benzene rings is 2. The highest BCUT2D eigenvalue weighted by Gasteiger charge is 2.23. The molecule has 0 unspecified atom stereocenters. The molecule has 0 bridgehead atoms. The number of nitrogen functional groups attached to an aromatic ring is 1. The molecule has 3 heterocycles. The first-order valence-corrected chi connectivity index (χ1v) is 10.9. The molecule has 8 heteroatoms. The van der Waals surface area contributed by atoms with E-state index >= 15 is 0 Å². The average molecular weight is 443 g/mol. The van der Waals surface area contributed by atoms with Crippen LogP contribution in [0.1, 0.15) is 23.6 Å². The van der Waals surface area contributed by atoms with E-state index in [9.17, 15) is 9.59 Å². The third-order valence-corrected chi connectivity index (χ3v) is 6.51. The number of aryl methyl sites for hydroxylation is 4. The maximum atomic E-state index is 13.1. The van der Waals surface area contributed by atoms with Crippen molar-refractivity contribution in [2.24, 2.45) is 14.1 Å². The predicted molar refractivity (Wildman–Crippen MR) is 131 cm³/mol. The number of hydrogen-bond donors (Lipinski definition) is 1. The Bertz CT molecular complexity index is 1680. The highest BCUT2D eigenvalue weighted by atomic mass is 16.2. The molecule has 0 atom stereocenters. The van der Waals surface area contributed by atoms with Crippen LogP contribution < -0.4 is 17.0 Å². The molecule has 8 nitrogen and oxygen atoms in total. The number of aromatic nitrogens is 5. The molecular weight excluding hydrogens is 416 g/mol. The van der Waals surface area contributed by atoms with E-state index in [2.05, 4.69) is 31.2 Å². The van der Waals surface area contributed by atoms with Gasteiger partial charge in [-0.25, -0.2) is 4.79 Å². The minimum Gasteiger partial charge on any atom is -0.397 e. The predicted octanol–water partition coefficient (Wildman–Crippen LogP) is 3.10. The molecule has 0 fully saturated rings. The van der Waals surface area contributed by atoms with E-state index in [1.165, 1.54) is 17.2 Å². The standard InChI is InChI=1S/C25H26N6O2/c1-6-16-7-9-17(10-8-16)20-13-30-21-22(28(4)25(33)29(5)23(21)32)27-24(30)31(20)19-12-15(3)14(2)11-18(19)26/h7-13H,6,26H2,1-5H3. The number of imidazole rings is 2. The molecular formula is C25H26N6O2. The van der Waals surface area contributed by atoms with Crippen molar-refractivity contribution in [1.29, 1.82) is 0 Å². The lowest BCUT2D eigenvalue weighted by atomic mass is 10.1. The fourth-order valence-electron chi connectivity index (χ4n) is 4.34. The van der Waals surface area contributed by atoms with E-state index in [0.717, 1.165) is 39.1 Å². The Morgan fingerprint density at radius 3 is 2.30 bits per heavy atom. The van der Waals surface area contributed by atoms with E-state index in [0.29, 0.717) is 22.6 Å². The van der Waals surface area contributed by atoms with Crippen molar-refractivity contribution in [2.45, 2.75) is 27.2 Å². The summed E-state index contributed by atoms with van der Waals surface area (Å²) in [5.41, 5.74) is 13.0. The zero-order valence-corrected chi connectivity index (χ0v) is 19.4. The molecule has 5 rings (SSSR count). The van der Waals surface area contributed by atoms with Crippen molar-refractivity contribution in [3.8, 4) is 16.9 Å². The average Bonchev–Trinajstić information content (AvgIpc) is 3.35. The summed E-state index contributed by atoms with van der Waals surface area (Å²) in [6, 6.07) is 12.3. The number of nitrogens with two attached hydrogens (primary N) is 1. The van der Waals surface area contributed by atoms with E-state index in [1.807, 2.05) is 36.7 Å². The van der Waals surface area contributed by atoms with Crippen LogP contribution >= 0.6 is 0 Å². The first-order valence-electron chi connectivity index (χ1n) is 10.9. The van der Waals surface area contributed by atoms with E-state index in [-0.39, 0.29) is 0 Å². The van der Waals surface area contributed by atoms with Gasteiger partial charge < -0.3 is 5.73 Å². The van der Waals surface area contributed by atoms with E-state index in [1.54, 1.807) is 11.4 Å². The number of hydrogen-bond acceptors (Lipinski definition) is 4. The molecule has 0 radical (unpaired) electrons. The number of nitrogens with zero attached hydrogens (tertiary/aromatic N) is 5. The number of fused-ring (bicyclic) bond motifs is 3. The fourth-order valence-corrected chi connectivity index (χ4v) is 4.34. The van der Waals surface area contributed by atoms with Crippen molar-refractivity contribution in [3.05, 3.63) is 80.1 Å².